The summed E-state index contributed by atoms with van der Waals surface area (Å²) in [5.74, 6) is 0.622. The fourth-order valence-electron chi connectivity index (χ4n) is 3.19. The molecule has 29 heavy (non-hydrogen) atoms. The molecule has 1 saturated heterocycles. The summed E-state index contributed by atoms with van der Waals surface area (Å²) in [6, 6.07) is 5.79. The Kier molecular flexibility index (Phi) is 6.73. The topological polar surface area (TPSA) is 65.7 Å². The zero-order chi connectivity index (χ0) is 20.9. The van der Waals surface area contributed by atoms with Crippen molar-refractivity contribution < 1.29 is 22.0 Å². The number of nitrogens with one attached hydrogen (secondary N) is 2. The Hall–Kier alpha value is -2.62. The molecule has 6 nitrogen and oxygen atoms in total. The summed E-state index contributed by atoms with van der Waals surface area (Å²) in [5, 5.41) is 6.29. The van der Waals surface area contributed by atoms with Crippen LogP contribution in [0.2, 0.25) is 0 Å². The number of rotatable bonds is 6. The maximum atomic E-state index is 13.0. The summed E-state index contributed by atoms with van der Waals surface area (Å²) in [4.78, 5) is 9.88. The highest BCUT2D eigenvalue weighted by Gasteiger charge is 2.34. The van der Waals surface area contributed by atoms with Crippen LogP contribution >= 0.6 is 0 Å². The van der Waals surface area contributed by atoms with Crippen LogP contribution in [0.5, 0.6) is 0 Å². The second kappa shape index (κ2) is 9.25. The van der Waals surface area contributed by atoms with E-state index in [2.05, 4.69) is 20.6 Å². The van der Waals surface area contributed by atoms with Gasteiger partial charge in [0.1, 0.15) is 12.1 Å². The van der Waals surface area contributed by atoms with E-state index in [1.807, 2.05) is 0 Å². The molecule has 3 rings (SSSR count). The molecule has 0 saturated carbocycles. The van der Waals surface area contributed by atoms with Crippen LogP contribution in [0, 0.1) is 5.82 Å². The summed E-state index contributed by atoms with van der Waals surface area (Å²) in [7, 11) is 1.61. The van der Waals surface area contributed by atoms with Gasteiger partial charge in [-0.05, 0) is 30.7 Å². The van der Waals surface area contributed by atoms with Gasteiger partial charge in [-0.15, -0.1) is 0 Å². The Morgan fingerprint density at radius 1 is 1.31 bits per heavy atom. The molecule has 1 aliphatic heterocycles. The summed E-state index contributed by atoms with van der Waals surface area (Å²) >= 11 is 0. The van der Waals surface area contributed by atoms with Gasteiger partial charge in [-0.25, -0.2) is 9.37 Å². The number of oxazole rings is 1. The molecular formula is C19H23F4N5O. The quantitative estimate of drug-likeness (QED) is 0.433. The van der Waals surface area contributed by atoms with Gasteiger partial charge in [0.25, 0.3) is 0 Å². The van der Waals surface area contributed by atoms with Crippen LogP contribution in [-0.4, -0.2) is 61.3 Å². The first-order chi connectivity index (χ1) is 13.8. The van der Waals surface area contributed by atoms with Crippen LogP contribution < -0.4 is 10.6 Å². The molecule has 1 fully saturated rings. The average molecular weight is 413 g/mol. The van der Waals surface area contributed by atoms with Crippen LogP contribution in [0.4, 0.5) is 17.6 Å². The molecule has 1 aromatic carbocycles. The predicted molar refractivity (Wildman–Crippen MR) is 101 cm³/mol. The van der Waals surface area contributed by atoms with Crippen molar-refractivity contribution in [1.82, 2.24) is 20.5 Å². The van der Waals surface area contributed by atoms with Gasteiger partial charge < -0.3 is 15.1 Å². The minimum Gasteiger partial charge on any atom is -0.444 e. The number of aliphatic imine (C=N–C) groups is 1. The molecule has 2 aromatic rings. The van der Waals surface area contributed by atoms with Crippen molar-refractivity contribution in [3.8, 4) is 11.5 Å². The van der Waals surface area contributed by atoms with E-state index in [1.165, 1.54) is 17.0 Å². The molecule has 0 amide bonds. The lowest BCUT2D eigenvalue weighted by Gasteiger charge is -2.19. The van der Waals surface area contributed by atoms with Crippen LogP contribution in [0.1, 0.15) is 12.1 Å². The lowest BCUT2D eigenvalue weighted by Crippen LogP contribution is -2.45. The van der Waals surface area contributed by atoms with Gasteiger partial charge in [0.05, 0.1) is 12.2 Å². The number of nitrogens with zero attached hydrogens (tertiary/aromatic N) is 3. The Balaban J connectivity index is 1.43. The van der Waals surface area contributed by atoms with E-state index >= 15 is 0 Å². The minimum atomic E-state index is -4.18. The molecule has 158 valence electrons. The highest BCUT2D eigenvalue weighted by atomic mass is 19.4. The van der Waals surface area contributed by atoms with Gasteiger partial charge in [-0.2, -0.15) is 13.2 Å². The molecule has 0 spiro atoms. The number of hydrogen-bond donors (Lipinski definition) is 2. The fourth-order valence-corrected chi connectivity index (χ4v) is 3.19. The van der Waals surface area contributed by atoms with E-state index in [4.69, 9.17) is 4.42 Å². The molecule has 2 N–H and O–H groups in total. The van der Waals surface area contributed by atoms with Crippen LogP contribution in [0.25, 0.3) is 11.5 Å². The average Bonchev–Trinajstić information content (AvgIpc) is 3.30. The lowest BCUT2D eigenvalue weighted by atomic mass is 10.2. The van der Waals surface area contributed by atoms with Gasteiger partial charge in [0, 0.05) is 44.7 Å². The fraction of sp³-hybridized carbons (Fsp3) is 0.474. The number of alkyl halides is 3. The Morgan fingerprint density at radius 3 is 2.76 bits per heavy atom. The maximum Gasteiger partial charge on any atom is 0.401 e. The van der Waals surface area contributed by atoms with E-state index in [1.54, 1.807) is 25.4 Å². The second-order valence-corrected chi connectivity index (χ2v) is 6.88. The number of halogens is 4. The molecular weight excluding hydrogens is 390 g/mol. The number of aromatic nitrogens is 1. The van der Waals surface area contributed by atoms with Crippen molar-refractivity contribution in [3.05, 3.63) is 42.0 Å². The summed E-state index contributed by atoms with van der Waals surface area (Å²) in [6.07, 6.45) is -1.45. The third-order valence-electron chi connectivity index (χ3n) is 4.56. The number of likely N-dealkylation sites (tertiary alicyclic amines) is 1. The first kappa shape index (κ1) is 21.1. The third-order valence-corrected chi connectivity index (χ3v) is 4.56. The van der Waals surface area contributed by atoms with Crippen molar-refractivity contribution in [3.63, 3.8) is 0 Å². The molecule has 1 aliphatic rings. The third kappa shape index (κ3) is 6.45. The summed E-state index contributed by atoms with van der Waals surface area (Å²) < 4.78 is 55.9. The van der Waals surface area contributed by atoms with E-state index in [0.29, 0.717) is 49.9 Å². The second-order valence-electron chi connectivity index (χ2n) is 6.88. The highest BCUT2D eigenvalue weighted by molar-refractivity contribution is 5.80. The van der Waals surface area contributed by atoms with Crippen LogP contribution in [0.15, 0.2) is 39.9 Å². The minimum absolute atomic E-state index is 0.0827. The molecule has 2 heterocycles. The van der Waals surface area contributed by atoms with E-state index in [0.717, 1.165) is 5.69 Å². The van der Waals surface area contributed by atoms with Crippen LogP contribution in [0.3, 0.4) is 0 Å². The first-order valence-electron chi connectivity index (χ1n) is 9.29. The normalized spacial score (nSPS) is 18.2. The van der Waals surface area contributed by atoms with Gasteiger partial charge in [-0.3, -0.25) is 9.89 Å². The Bertz CT molecular complexity index is 819. The zero-order valence-corrected chi connectivity index (χ0v) is 16.0. The molecule has 0 aliphatic carbocycles. The SMILES string of the molecule is CN=C(NCCc1coc(-c2ccc(F)cc2)n1)NC1CCN(CC(F)(F)F)C1. The van der Waals surface area contributed by atoms with Crippen molar-refractivity contribution in [2.75, 3.05) is 33.2 Å². The lowest BCUT2D eigenvalue weighted by molar-refractivity contribution is -0.143. The van der Waals surface area contributed by atoms with Gasteiger partial charge in [0.2, 0.25) is 5.89 Å². The van der Waals surface area contributed by atoms with Crippen molar-refractivity contribution in [1.29, 1.82) is 0 Å². The molecule has 1 aromatic heterocycles. The Labute approximate surface area is 166 Å². The van der Waals surface area contributed by atoms with Crippen molar-refractivity contribution >= 4 is 5.96 Å². The number of guanidine groups is 1. The summed E-state index contributed by atoms with van der Waals surface area (Å²) in [5.41, 5.74) is 1.41. The molecule has 1 unspecified atom stereocenters. The largest absolute Gasteiger partial charge is 0.444 e. The monoisotopic (exact) mass is 413 g/mol. The Morgan fingerprint density at radius 2 is 2.07 bits per heavy atom. The van der Waals surface area contributed by atoms with Crippen molar-refractivity contribution in [2.24, 2.45) is 4.99 Å². The molecule has 1 atom stereocenters. The van der Waals surface area contributed by atoms with Gasteiger partial charge in [-0.1, -0.05) is 0 Å². The predicted octanol–water partition coefficient (Wildman–Crippen LogP) is 2.82. The van der Waals surface area contributed by atoms with Gasteiger partial charge >= 0.3 is 6.18 Å². The molecule has 0 radical (unpaired) electrons. The van der Waals surface area contributed by atoms with E-state index < -0.39 is 12.7 Å². The molecule has 0 bridgehead atoms. The first-order valence-corrected chi connectivity index (χ1v) is 9.29. The van der Waals surface area contributed by atoms with Gasteiger partial charge in [0.15, 0.2) is 5.96 Å². The zero-order valence-electron chi connectivity index (χ0n) is 16.0. The number of hydrogen-bond acceptors (Lipinski definition) is 4. The smallest absolute Gasteiger partial charge is 0.401 e. The van der Waals surface area contributed by atoms with Crippen molar-refractivity contribution in [2.45, 2.75) is 25.1 Å². The summed E-state index contributed by atoms with van der Waals surface area (Å²) in [6.45, 7) is 0.359. The standard InChI is InChI=1S/C19H23F4N5O/c1-24-18(27-15-7-9-28(10-15)12-19(21,22)23)25-8-6-16-11-29-17(26-16)13-2-4-14(20)5-3-13/h2-5,11,15H,6-10,12H2,1H3,(H2,24,25,27). The van der Waals surface area contributed by atoms with E-state index in [9.17, 15) is 17.6 Å². The highest BCUT2D eigenvalue weighted by Crippen LogP contribution is 2.20. The number of benzene rings is 1. The van der Waals surface area contributed by atoms with E-state index in [-0.39, 0.29) is 11.9 Å². The molecule has 10 heteroatoms. The van der Waals surface area contributed by atoms with Crippen LogP contribution in [-0.2, 0) is 6.42 Å². The maximum absolute atomic E-state index is 13.0.